The lowest BCUT2D eigenvalue weighted by Gasteiger charge is -2.36. The molecule has 6 heteroatoms. The van der Waals surface area contributed by atoms with Crippen LogP contribution in [-0.4, -0.2) is 65.1 Å². The van der Waals surface area contributed by atoms with Gasteiger partial charge >= 0.3 is 0 Å². The maximum Gasteiger partial charge on any atom is 0.250 e. The first-order valence-corrected chi connectivity index (χ1v) is 8.27. The number of rotatable bonds is 3. The van der Waals surface area contributed by atoms with Crippen molar-refractivity contribution >= 4 is 12.0 Å². The first-order valence-electron chi connectivity index (χ1n) is 8.27. The van der Waals surface area contributed by atoms with E-state index in [1.807, 2.05) is 35.2 Å². The minimum atomic E-state index is -2.60. The molecule has 0 aromatic heterocycles. The highest BCUT2D eigenvalue weighted by Gasteiger charge is 2.42. The molecule has 1 aromatic carbocycles. The quantitative estimate of drug-likeness (QED) is 0.859. The number of hydrogen-bond acceptors (Lipinski definition) is 3. The molecule has 2 saturated heterocycles. The Labute approximate surface area is 140 Å². The highest BCUT2D eigenvalue weighted by Crippen LogP contribution is 2.30. The summed E-state index contributed by atoms with van der Waals surface area (Å²) in [7, 11) is 0. The zero-order chi connectivity index (χ0) is 17.2. The second-order valence-corrected chi connectivity index (χ2v) is 6.51. The number of benzene rings is 1. The van der Waals surface area contributed by atoms with Gasteiger partial charge in [-0.25, -0.2) is 8.78 Å². The number of carbonyl (C=O) groups is 1. The molecule has 1 N–H and O–H groups in total. The standard InChI is InChI=1S/C18H22F2N2O2/c19-18(20)8-10-21(11-9-18)15-12-22(13-16(15)23)17(24)7-6-14-4-2-1-3-5-14/h1-7,15-16,23H,8-13H2/t15-,16-/m1/s1. The van der Waals surface area contributed by atoms with Crippen molar-refractivity contribution in [3.63, 3.8) is 0 Å². The smallest absolute Gasteiger partial charge is 0.250 e. The molecule has 2 atom stereocenters. The Morgan fingerprint density at radius 1 is 1.17 bits per heavy atom. The molecule has 0 aliphatic carbocycles. The number of aliphatic hydroxyl groups excluding tert-OH is 1. The topological polar surface area (TPSA) is 43.8 Å². The first-order chi connectivity index (χ1) is 11.4. The van der Waals surface area contributed by atoms with Gasteiger partial charge in [0.25, 0.3) is 5.92 Å². The third kappa shape index (κ3) is 3.99. The Kier molecular flexibility index (Phi) is 4.96. The molecule has 3 rings (SSSR count). The van der Waals surface area contributed by atoms with E-state index in [1.54, 1.807) is 11.0 Å². The van der Waals surface area contributed by atoms with E-state index in [-0.39, 0.29) is 44.4 Å². The molecule has 2 heterocycles. The number of alkyl halides is 2. The number of β-amino-alcohol motifs (C(OH)–C–C–N with tert-alkyl or cyclic N) is 1. The largest absolute Gasteiger partial charge is 0.390 e. The zero-order valence-corrected chi connectivity index (χ0v) is 13.4. The van der Waals surface area contributed by atoms with Crippen molar-refractivity contribution in [2.75, 3.05) is 26.2 Å². The zero-order valence-electron chi connectivity index (χ0n) is 13.4. The molecule has 0 unspecified atom stereocenters. The molecular weight excluding hydrogens is 314 g/mol. The van der Waals surface area contributed by atoms with Crippen LogP contribution in [0, 0.1) is 0 Å². The number of nitrogens with zero attached hydrogens (tertiary/aromatic N) is 2. The van der Waals surface area contributed by atoms with E-state index in [0.29, 0.717) is 6.54 Å². The van der Waals surface area contributed by atoms with E-state index < -0.39 is 12.0 Å². The van der Waals surface area contributed by atoms with Gasteiger partial charge in [0.1, 0.15) is 0 Å². The van der Waals surface area contributed by atoms with Gasteiger partial charge in [0.05, 0.1) is 12.1 Å². The Bertz CT molecular complexity index is 596. The second-order valence-electron chi connectivity index (χ2n) is 6.51. The van der Waals surface area contributed by atoms with Crippen LogP contribution >= 0.6 is 0 Å². The highest BCUT2D eigenvalue weighted by molar-refractivity contribution is 5.92. The van der Waals surface area contributed by atoms with Gasteiger partial charge in [0.15, 0.2) is 0 Å². The number of carbonyl (C=O) groups excluding carboxylic acids is 1. The lowest BCUT2D eigenvalue weighted by Crippen LogP contribution is -2.49. The normalized spacial score (nSPS) is 27.7. The van der Waals surface area contributed by atoms with Gasteiger partial charge in [-0.3, -0.25) is 9.69 Å². The van der Waals surface area contributed by atoms with E-state index in [9.17, 15) is 18.7 Å². The fraction of sp³-hybridized carbons (Fsp3) is 0.500. The number of likely N-dealkylation sites (tertiary alicyclic amines) is 2. The lowest BCUT2D eigenvalue weighted by molar-refractivity contribution is -0.125. The number of amides is 1. The third-order valence-electron chi connectivity index (χ3n) is 4.79. The van der Waals surface area contributed by atoms with Gasteiger partial charge in [-0.05, 0) is 11.6 Å². The Morgan fingerprint density at radius 3 is 2.50 bits per heavy atom. The van der Waals surface area contributed by atoms with Gasteiger partial charge in [0, 0.05) is 45.1 Å². The van der Waals surface area contributed by atoms with Crippen LogP contribution in [0.2, 0.25) is 0 Å². The van der Waals surface area contributed by atoms with Gasteiger partial charge in [-0.15, -0.1) is 0 Å². The van der Waals surface area contributed by atoms with E-state index in [2.05, 4.69) is 0 Å². The van der Waals surface area contributed by atoms with Crippen molar-refractivity contribution < 1.29 is 18.7 Å². The average molecular weight is 336 g/mol. The van der Waals surface area contributed by atoms with Gasteiger partial charge in [-0.1, -0.05) is 30.3 Å². The van der Waals surface area contributed by atoms with Crippen molar-refractivity contribution in [3.05, 3.63) is 42.0 Å². The molecule has 0 bridgehead atoms. The molecule has 2 aliphatic rings. The first kappa shape index (κ1) is 17.0. The maximum absolute atomic E-state index is 13.3. The Balaban J connectivity index is 1.57. The molecule has 24 heavy (non-hydrogen) atoms. The summed E-state index contributed by atoms with van der Waals surface area (Å²) in [4.78, 5) is 15.8. The van der Waals surface area contributed by atoms with Crippen molar-refractivity contribution in [3.8, 4) is 0 Å². The van der Waals surface area contributed by atoms with Crippen LogP contribution in [0.4, 0.5) is 8.78 Å². The third-order valence-corrected chi connectivity index (χ3v) is 4.79. The molecule has 1 aromatic rings. The van der Waals surface area contributed by atoms with Crippen LogP contribution in [0.3, 0.4) is 0 Å². The SMILES string of the molecule is O=C(C=Cc1ccccc1)N1C[C@@H](O)[C@H](N2CCC(F)(F)CC2)C1. The monoisotopic (exact) mass is 336 g/mol. The van der Waals surface area contributed by atoms with Crippen molar-refractivity contribution in [2.45, 2.75) is 30.9 Å². The predicted octanol–water partition coefficient (Wildman–Crippen LogP) is 2.00. The highest BCUT2D eigenvalue weighted by atomic mass is 19.3. The van der Waals surface area contributed by atoms with E-state index in [4.69, 9.17) is 0 Å². The molecule has 2 fully saturated rings. The average Bonchev–Trinajstić information content (AvgIpc) is 2.95. The second kappa shape index (κ2) is 6.99. The summed E-state index contributed by atoms with van der Waals surface area (Å²) in [5.74, 6) is -2.77. The minimum Gasteiger partial charge on any atom is -0.390 e. The molecule has 2 aliphatic heterocycles. The Hall–Kier alpha value is -1.79. The molecule has 1 amide bonds. The van der Waals surface area contributed by atoms with Gasteiger partial charge in [0.2, 0.25) is 5.91 Å². The predicted molar refractivity (Wildman–Crippen MR) is 87.6 cm³/mol. The lowest BCUT2D eigenvalue weighted by atomic mass is 10.0. The molecule has 4 nitrogen and oxygen atoms in total. The molecule has 130 valence electrons. The number of halogens is 2. The number of aliphatic hydroxyl groups is 1. The molecule has 0 radical (unpaired) electrons. The molecule has 0 saturated carbocycles. The summed E-state index contributed by atoms with van der Waals surface area (Å²) in [6.07, 6.45) is 2.18. The fourth-order valence-electron chi connectivity index (χ4n) is 3.33. The van der Waals surface area contributed by atoms with Gasteiger partial charge < -0.3 is 10.0 Å². The van der Waals surface area contributed by atoms with Crippen molar-refractivity contribution in [1.29, 1.82) is 0 Å². The summed E-state index contributed by atoms with van der Waals surface area (Å²) >= 11 is 0. The van der Waals surface area contributed by atoms with Crippen molar-refractivity contribution in [2.24, 2.45) is 0 Å². The summed E-state index contributed by atoms with van der Waals surface area (Å²) in [6.45, 7) is 1.15. The van der Waals surface area contributed by atoms with Crippen LogP contribution < -0.4 is 0 Å². The van der Waals surface area contributed by atoms with Crippen LogP contribution in [0.15, 0.2) is 36.4 Å². The summed E-state index contributed by atoms with van der Waals surface area (Å²) in [5, 5.41) is 10.2. The van der Waals surface area contributed by atoms with Gasteiger partial charge in [-0.2, -0.15) is 0 Å². The van der Waals surface area contributed by atoms with E-state index >= 15 is 0 Å². The number of hydrogen-bond donors (Lipinski definition) is 1. The summed E-state index contributed by atoms with van der Waals surface area (Å²) < 4.78 is 26.5. The minimum absolute atomic E-state index is 0.164. The Morgan fingerprint density at radius 2 is 1.83 bits per heavy atom. The summed E-state index contributed by atoms with van der Waals surface area (Å²) in [5.41, 5.74) is 0.931. The van der Waals surface area contributed by atoms with Crippen molar-refractivity contribution in [1.82, 2.24) is 9.80 Å². The van der Waals surface area contributed by atoms with E-state index in [1.165, 1.54) is 6.08 Å². The fourth-order valence-corrected chi connectivity index (χ4v) is 3.33. The van der Waals surface area contributed by atoms with E-state index in [0.717, 1.165) is 5.56 Å². The van der Waals surface area contributed by atoms with Crippen LogP contribution in [-0.2, 0) is 4.79 Å². The molecule has 0 spiro atoms. The molecular formula is C18H22F2N2O2. The van der Waals surface area contributed by atoms with Crippen LogP contribution in [0.5, 0.6) is 0 Å². The number of piperidine rings is 1. The van der Waals surface area contributed by atoms with Crippen LogP contribution in [0.1, 0.15) is 18.4 Å². The van der Waals surface area contributed by atoms with Crippen LogP contribution in [0.25, 0.3) is 6.08 Å². The maximum atomic E-state index is 13.3. The summed E-state index contributed by atoms with van der Waals surface area (Å²) in [6, 6.07) is 9.24.